The van der Waals surface area contributed by atoms with Crippen LogP contribution in [-0.4, -0.2) is 19.3 Å². The Morgan fingerprint density at radius 2 is 2.29 bits per heavy atom. The molecule has 1 heterocycles. The van der Waals surface area contributed by atoms with Gasteiger partial charge >= 0.3 is 0 Å². The third-order valence-corrected chi connectivity index (χ3v) is 4.54. The van der Waals surface area contributed by atoms with E-state index in [1.165, 1.54) is 17.8 Å². The lowest BCUT2D eigenvalue weighted by Crippen LogP contribution is -2.19. The molecule has 1 N–H and O–H groups in total. The highest BCUT2D eigenvalue weighted by atomic mass is 35.5. The number of nitrogens with zero attached hydrogens (tertiary/aromatic N) is 1. The molecular formula is C10H9ClN2O2S2. The highest BCUT2D eigenvalue weighted by Crippen LogP contribution is 2.31. The molecule has 0 spiro atoms. The van der Waals surface area contributed by atoms with E-state index in [0.717, 1.165) is 0 Å². The van der Waals surface area contributed by atoms with Crippen molar-refractivity contribution in [3.05, 3.63) is 35.9 Å². The summed E-state index contributed by atoms with van der Waals surface area (Å²) in [7, 11) is -3.66. The first kappa shape index (κ1) is 12.5. The van der Waals surface area contributed by atoms with Crippen LogP contribution in [-0.2, 0) is 10.0 Å². The van der Waals surface area contributed by atoms with Gasteiger partial charge in [-0.25, -0.2) is 0 Å². The van der Waals surface area contributed by atoms with E-state index in [9.17, 15) is 8.42 Å². The van der Waals surface area contributed by atoms with Crippen molar-refractivity contribution in [2.75, 3.05) is 11.1 Å². The Morgan fingerprint density at radius 3 is 3.00 bits per heavy atom. The number of benzene rings is 1. The van der Waals surface area contributed by atoms with Crippen molar-refractivity contribution >= 4 is 44.2 Å². The monoisotopic (exact) mass is 288 g/mol. The average molecular weight is 289 g/mol. The molecule has 1 aliphatic rings. The van der Waals surface area contributed by atoms with E-state index in [4.69, 9.17) is 11.6 Å². The van der Waals surface area contributed by atoms with Crippen LogP contribution >= 0.6 is 23.4 Å². The Bertz CT molecular complexity index is 596. The predicted octanol–water partition coefficient (Wildman–Crippen LogP) is 2.73. The van der Waals surface area contributed by atoms with Gasteiger partial charge in [0.1, 0.15) is 4.90 Å². The summed E-state index contributed by atoms with van der Waals surface area (Å²) in [4.78, 5) is 0.105. The molecule has 0 amide bonds. The zero-order valence-corrected chi connectivity index (χ0v) is 11.1. The Labute approximate surface area is 109 Å². The molecule has 1 aliphatic heterocycles. The maximum absolute atomic E-state index is 11.9. The first-order chi connectivity index (χ1) is 8.03. The number of hydrogen-bond acceptors (Lipinski definition) is 4. The van der Waals surface area contributed by atoms with Crippen LogP contribution in [0.15, 0.2) is 40.1 Å². The maximum atomic E-state index is 11.9. The number of fused-ring (bicyclic) bond motifs is 1. The van der Waals surface area contributed by atoms with Gasteiger partial charge < -0.3 is 5.32 Å². The van der Waals surface area contributed by atoms with E-state index in [0.29, 0.717) is 21.6 Å². The first-order valence-electron chi connectivity index (χ1n) is 4.68. The molecule has 7 heteroatoms. The van der Waals surface area contributed by atoms with Crippen LogP contribution in [0.2, 0.25) is 5.02 Å². The fourth-order valence-electron chi connectivity index (χ4n) is 1.31. The Kier molecular flexibility index (Phi) is 3.46. The fraction of sp³-hybridized carbons (Fsp3) is 0.100. The molecular weight excluding hydrogens is 280 g/mol. The van der Waals surface area contributed by atoms with Crippen molar-refractivity contribution in [1.29, 1.82) is 0 Å². The van der Waals surface area contributed by atoms with Gasteiger partial charge in [0, 0.05) is 10.8 Å². The van der Waals surface area contributed by atoms with Gasteiger partial charge in [0.2, 0.25) is 0 Å². The summed E-state index contributed by atoms with van der Waals surface area (Å²) in [6.07, 6.45) is 1.68. The predicted molar refractivity (Wildman–Crippen MR) is 72.4 cm³/mol. The summed E-state index contributed by atoms with van der Waals surface area (Å²) >= 11 is 7.04. The molecule has 0 atom stereocenters. The molecule has 0 fully saturated rings. The number of thioether (sulfide) groups is 1. The number of halogens is 1. The van der Waals surface area contributed by atoms with Crippen LogP contribution in [0.25, 0.3) is 0 Å². The third kappa shape index (κ3) is 2.65. The van der Waals surface area contributed by atoms with Gasteiger partial charge in [-0.15, -0.1) is 11.0 Å². The Morgan fingerprint density at radius 1 is 1.53 bits per heavy atom. The van der Waals surface area contributed by atoms with E-state index in [-0.39, 0.29) is 4.90 Å². The summed E-state index contributed by atoms with van der Waals surface area (Å²) in [5, 5.41) is 3.66. The van der Waals surface area contributed by atoms with Crippen molar-refractivity contribution in [3.63, 3.8) is 0 Å². The first-order valence-corrected chi connectivity index (χ1v) is 7.48. The number of nitrogens with one attached hydrogen (secondary N) is 1. The number of rotatable bonds is 2. The summed E-state index contributed by atoms with van der Waals surface area (Å²) < 4.78 is 27.4. The smallest absolute Gasteiger partial charge is 0.286 e. The Hall–Kier alpha value is -0.980. The molecule has 0 saturated heterocycles. The van der Waals surface area contributed by atoms with Crippen molar-refractivity contribution in [2.45, 2.75) is 4.90 Å². The zero-order valence-electron chi connectivity index (χ0n) is 8.68. The molecule has 0 saturated carbocycles. The molecule has 0 unspecified atom stereocenters. The summed E-state index contributed by atoms with van der Waals surface area (Å²) in [5.41, 5.74) is 0.496. The topological polar surface area (TPSA) is 58.5 Å². The van der Waals surface area contributed by atoms with Crippen LogP contribution in [0.4, 0.5) is 5.69 Å². The van der Waals surface area contributed by atoms with Crippen molar-refractivity contribution in [2.24, 2.45) is 4.40 Å². The minimum atomic E-state index is -3.66. The van der Waals surface area contributed by atoms with Crippen molar-refractivity contribution in [3.8, 4) is 0 Å². The second-order valence-corrected chi connectivity index (χ2v) is 6.25. The quantitative estimate of drug-likeness (QED) is 0.850. The second kappa shape index (κ2) is 4.72. The number of anilines is 1. The van der Waals surface area contributed by atoms with E-state index >= 15 is 0 Å². The van der Waals surface area contributed by atoms with Gasteiger partial charge in [0.05, 0.1) is 5.69 Å². The highest BCUT2D eigenvalue weighted by Gasteiger charge is 2.24. The van der Waals surface area contributed by atoms with Gasteiger partial charge in [-0.2, -0.15) is 8.42 Å². The highest BCUT2D eigenvalue weighted by molar-refractivity contribution is 8.15. The molecule has 4 nitrogen and oxygen atoms in total. The average Bonchev–Trinajstić information content (AvgIpc) is 2.27. The SMILES string of the molecule is C=CCSC1=NS(=O)(=O)c2cc(Cl)ccc2N1. The lowest BCUT2D eigenvalue weighted by Gasteiger charge is -2.17. The second-order valence-electron chi connectivity index (χ2n) is 3.24. The lowest BCUT2D eigenvalue weighted by atomic mass is 10.3. The largest absolute Gasteiger partial charge is 0.333 e. The molecule has 2 rings (SSSR count). The Balaban J connectivity index is 2.43. The van der Waals surface area contributed by atoms with E-state index in [1.54, 1.807) is 18.2 Å². The van der Waals surface area contributed by atoms with Crippen LogP contribution in [0.5, 0.6) is 0 Å². The van der Waals surface area contributed by atoms with Crippen LogP contribution in [0.3, 0.4) is 0 Å². The van der Waals surface area contributed by atoms with Gasteiger partial charge in [-0.1, -0.05) is 29.4 Å². The van der Waals surface area contributed by atoms with E-state index < -0.39 is 10.0 Å². The molecule has 0 aromatic heterocycles. The molecule has 1 aromatic rings. The fourth-order valence-corrected chi connectivity index (χ4v) is 3.54. The van der Waals surface area contributed by atoms with Gasteiger partial charge in [-0.3, -0.25) is 0 Å². The summed E-state index contributed by atoms with van der Waals surface area (Å²) in [6.45, 7) is 3.57. The third-order valence-electron chi connectivity index (χ3n) is 2.00. The summed E-state index contributed by atoms with van der Waals surface area (Å²) in [5.74, 6) is 0.588. The molecule has 90 valence electrons. The molecule has 0 aliphatic carbocycles. The molecule has 1 aromatic carbocycles. The van der Waals surface area contributed by atoms with E-state index in [1.807, 2.05) is 0 Å². The van der Waals surface area contributed by atoms with Crippen molar-refractivity contribution < 1.29 is 8.42 Å². The normalized spacial score (nSPS) is 16.6. The summed E-state index contributed by atoms with van der Waals surface area (Å²) in [6, 6.07) is 4.64. The number of hydrogen-bond donors (Lipinski definition) is 1. The molecule has 0 radical (unpaired) electrons. The van der Waals surface area contributed by atoms with Gasteiger partial charge in [-0.05, 0) is 18.2 Å². The number of amidine groups is 1. The number of sulfonamides is 1. The zero-order chi connectivity index (χ0) is 12.5. The lowest BCUT2D eigenvalue weighted by molar-refractivity contribution is 0.598. The minimum Gasteiger partial charge on any atom is -0.333 e. The van der Waals surface area contributed by atoms with Crippen molar-refractivity contribution in [1.82, 2.24) is 0 Å². The standard InChI is InChI=1S/C10H9ClN2O2S2/c1-2-5-16-10-12-8-4-3-7(11)6-9(8)17(14,15)13-10/h2-4,6H,1,5H2,(H,12,13). The minimum absolute atomic E-state index is 0.105. The maximum Gasteiger partial charge on any atom is 0.286 e. The molecule has 0 bridgehead atoms. The van der Waals surface area contributed by atoms with Crippen LogP contribution < -0.4 is 5.32 Å². The van der Waals surface area contributed by atoms with Crippen LogP contribution in [0.1, 0.15) is 0 Å². The van der Waals surface area contributed by atoms with Gasteiger partial charge in [0.15, 0.2) is 5.17 Å². The van der Waals surface area contributed by atoms with Crippen LogP contribution in [0, 0.1) is 0 Å². The van der Waals surface area contributed by atoms with Gasteiger partial charge in [0.25, 0.3) is 10.0 Å². The molecule has 17 heavy (non-hydrogen) atoms. The van der Waals surface area contributed by atoms with E-state index in [2.05, 4.69) is 16.3 Å².